The Kier molecular flexibility index (Phi) is 5.46. The van der Waals surface area contributed by atoms with Crippen LogP contribution in [-0.4, -0.2) is 43.3 Å². The minimum Gasteiger partial charge on any atom is -0.469 e. The zero-order valence-electron chi connectivity index (χ0n) is 14.8. The van der Waals surface area contributed by atoms with Crippen molar-refractivity contribution < 1.29 is 23.8 Å². The van der Waals surface area contributed by atoms with E-state index in [0.29, 0.717) is 23.6 Å². The first-order valence-electron chi connectivity index (χ1n) is 8.88. The van der Waals surface area contributed by atoms with Gasteiger partial charge in [0.1, 0.15) is 0 Å². The maximum Gasteiger partial charge on any atom is 0.310 e. The summed E-state index contributed by atoms with van der Waals surface area (Å²) in [5.41, 5.74) is 0.562. The van der Waals surface area contributed by atoms with Crippen LogP contribution in [0.15, 0.2) is 18.2 Å². The number of carbonyl (C=O) groups excluding carboxylic acids is 2. The number of fused-ring (bicyclic) bond motifs is 1. The van der Waals surface area contributed by atoms with E-state index in [-0.39, 0.29) is 30.6 Å². The molecule has 2 aliphatic rings. The summed E-state index contributed by atoms with van der Waals surface area (Å²) in [5, 5.41) is 0. The number of hydrogen-bond acceptors (Lipinski definition) is 5. The van der Waals surface area contributed by atoms with Crippen LogP contribution in [-0.2, 0) is 9.53 Å². The van der Waals surface area contributed by atoms with Crippen LogP contribution in [0.2, 0.25) is 0 Å². The summed E-state index contributed by atoms with van der Waals surface area (Å²) in [6, 6.07) is 5.41. The molecule has 6 nitrogen and oxygen atoms in total. The molecule has 1 heterocycles. The van der Waals surface area contributed by atoms with E-state index in [2.05, 4.69) is 0 Å². The van der Waals surface area contributed by atoms with Crippen LogP contribution in [0.1, 0.15) is 49.4 Å². The second-order valence-corrected chi connectivity index (χ2v) is 6.74. The van der Waals surface area contributed by atoms with Gasteiger partial charge in [-0.2, -0.15) is 0 Å². The van der Waals surface area contributed by atoms with Crippen LogP contribution < -0.4 is 9.47 Å². The number of esters is 1. The maximum absolute atomic E-state index is 13.2. The molecule has 0 saturated heterocycles. The number of benzene rings is 1. The van der Waals surface area contributed by atoms with Crippen molar-refractivity contribution in [2.75, 3.05) is 20.4 Å². The van der Waals surface area contributed by atoms with Crippen molar-refractivity contribution >= 4 is 11.9 Å². The molecular formula is C19H25NO5. The van der Waals surface area contributed by atoms with Crippen LogP contribution in [0, 0.1) is 5.92 Å². The van der Waals surface area contributed by atoms with Crippen molar-refractivity contribution in [3.05, 3.63) is 23.8 Å². The average Bonchev–Trinajstić information content (AvgIpc) is 3.13. The van der Waals surface area contributed by atoms with E-state index in [0.717, 1.165) is 25.7 Å². The van der Waals surface area contributed by atoms with E-state index >= 15 is 0 Å². The van der Waals surface area contributed by atoms with Crippen LogP contribution in [0.25, 0.3) is 0 Å². The first-order valence-corrected chi connectivity index (χ1v) is 8.88. The number of hydrogen-bond donors (Lipinski definition) is 0. The van der Waals surface area contributed by atoms with Crippen LogP contribution in [0.3, 0.4) is 0 Å². The van der Waals surface area contributed by atoms with E-state index < -0.39 is 0 Å². The lowest BCUT2D eigenvalue weighted by Gasteiger charge is -2.35. The van der Waals surface area contributed by atoms with Crippen LogP contribution in [0.4, 0.5) is 0 Å². The van der Waals surface area contributed by atoms with Gasteiger partial charge in [0.25, 0.3) is 5.91 Å². The minimum atomic E-state index is -0.357. The van der Waals surface area contributed by atoms with Gasteiger partial charge < -0.3 is 19.1 Å². The quantitative estimate of drug-likeness (QED) is 0.766. The molecule has 0 bridgehead atoms. The van der Waals surface area contributed by atoms with Gasteiger partial charge in [-0.15, -0.1) is 0 Å². The number of carbonyl (C=O) groups is 2. The van der Waals surface area contributed by atoms with Gasteiger partial charge in [0, 0.05) is 18.2 Å². The average molecular weight is 347 g/mol. The van der Waals surface area contributed by atoms with Crippen molar-refractivity contribution in [3.63, 3.8) is 0 Å². The number of ether oxygens (including phenoxy) is 3. The largest absolute Gasteiger partial charge is 0.469 e. The van der Waals surface area contributed by atoms with Gasteiger partial charge in [0.15, 0.2) is 11.5 Å². The Morgan fingerprint density at radius 2 is 1.92 bits per heavy atom. The smallest absolute Gasteiger partial charge is 0.310 e. The summed E-state index contributed by atoms with van der Waals surface area (Å²) in [6.07, 6.45) is 5.38. The highest BCUT2D eigenvalue weighted by atomic mass is 16.7. The molecule has 1 saturated carbocycles. The summed E-state index contributed by atoms with van der Waals surface area (Å²) in [5.74, 6) is 0.532. The van der Waals surface area contributed by atoms with E-state index in [1.54, 1.807) is 25.1 Å². The number of nitrogens with zero attached hydrogens (tertiary/aromatic N) is 1. The van der Waals surface area contributed by atoms with Crippen LogP contribution >= 0.6 is 0 Å². The van der Waals surface area contributed by atoms with Gasteiger partial charge in [-0.05, 0) is 31.0 Å². The van der Waals surface area contributed by atoms with Crippen molar-refractivity contribution in [1.82, 2.24) is 4.90 Å². The third-order valence-electron chi connectivity index (χ3n) is 4.97. The van der Waals surface area contributed by atoms with Crippen LogP contribution in [0.5, 0.6) is 11.5 Å². The molecule has 1 aromatic carbocycles. The molecule has 1 fully saturated rings. The van der Waals surface area contributed by atoms with Crippen molar-refractivity contribution in [2.45, 2.75) is 45.1 Å². The Labute approximate surface area is 148 Å². The first kappa shape index (κ1) is 17.6. The predicted molar refractivity (Wildman–Crippen MR) is 91.7 cm³/mol. The fourth-order valence-electron chi connectivity index (χ4n) is 3.56. The molecule has 1 amide bonds. The zero-order valence-corrected chi connectivity index (χ0v) is 14.8. The first-order chi connectivity index (χ1) is 12.1. The fourth-order valence-corrected chi connectivity index (χ4v) is 3.56. The van der Waals surface area contributed by atoms with Gasteiger partial charge in [-0.25, -0.2) is 0 Å². The molecule has 25 heavy (non-hydrogen) atoms. The molecule has 1 aliphatic carbocycles. The van der Waals surface area contributed by atoms with E-state index in [1.165, 1.54) is 13.5 Å². The highest BCUT2D eigenvalue weighted by molar-refractivity contribution is 5.95. The van der Waals surface area contributed by atoms with Crippen molar-refractivity contribution in [1.29, 1.82) is 0 Å². The SMILES string of the molecule is COC(=O)C(C)CN(C(=O)c1ccc2c(c1)OCO2)C1CCCCC1. The molecule has 0 aromatic heterocycles. The topological polar surface area (TPSA) is 65.1 Å². The summed E-state index contributed by atoms with van der Waals surface area (Å²) in [4.78, 5) is 26.9. The molecule has 0 N–H and O–H groups in total. The number of amides is 1. The molecule has 3 rings (SSSR count). The molecule has 1 aliphatic heterocycles. The normalized spacial score (nSPS) is 17.8. The zero-order chi connectivity index (χ0) is 17.8. The molecule has 1 aromatic rings. The highest BCUT2D eigenvalue weighted by Gasteiger charge is 2.30. The van der Waals surface area contributed by atoms with Crippen molar-refractivity contribution in [3.8, 4) is 11.5 Å². The molecule has 0 spiro atoms. The lowest BCUT2D eigenvalue weighted by Crippen LogP contribution is -2.45. The maximum atomic E-state index is 13.2. The lowest BCUT2D eigenvalue weighted by molar-refractivity contribution is -0.145. The third-order valence-corrected chi connectivity index (χ3v) is 4.97. The second kappa shape index (κ2) is 7.76. The number of rotatable bonds is 5. The second-order valence-electron chi connectivity index (χ2n) is 6.74. The molecular weight excluding hydrogens is 322 g/mol. The third kappa shape index (κ3) is 3.89. The summed E-state index contributed by atoms with van der Waals surface area (Å²) >= 11 is 0. The standard InChI is InChI=1S/C19H25NO5/c1-13(19(22)23-2)11-20(15-6-4-3-5-7-15)18(21)14-8-9-16-17(10-14)25-12-24-16/h8-10,13,15H,3-7,11-12H2,1-2H3. The molecule has 136 valence electrons. The Hall–Kier alpha value is -2.24. The highest BCUT2D eigenvalue weighted by Crippen LogP contribution is 2.33. The van der Waals surface area contributed by atoms with Gasteiger partial charge in [0.05, 0.1) is 13.0 Å². The van der Waals surface area contributed by atoms with E-state index in [4.69, 9.17) is 14.2 Å². The fraction of sp³-hybridized carbons (Fsp3) is 0.579. The Bertz CT molecular complexity index is 639. The van der Waals surface area contributed by atoms with Gasteiger partial charge in [0.2, 0.25) is 6.79 Å². The monoisotopic (exact) mass is 347 g/mol. The van der Waals surface area contributed by atoms with E-state index in [9.17, 15) is 9.59 Å². The Morgan fingerprint density at radius 1 is 1.20 bits per heavy atom. The number of methoxy groups -OCH3 is 1. The summed E-state index contributed by atoms with van der Waals surface area (Å²) in [7, 11) is 1.38. The molecule has 1 unspecified atom stereocenters. The van der Waals surface area contributed by atoms with Gasteiger partial charge in [-0.1, -0.05) is 26.2 Å². The summed E-state index contributed by atoms with van der Waals surface area (Å²) < 4.78 is 15.5. The summed E-state index contributed by atoms with van der Waals surface area (Å²) in [6.45, 7) is 2.35. The predicted octanol–water partition coefficient (Wildman–Crippen LogP) is 3.00. The van der Waals surface area contributed by atoms with Gasteiger partial charge in [-0.3, -0.25) is 9.59 Å². The Balaban J connectivity index is 1.81. The minimum absolute atomic E-state index is 0.0686. The van der Waals surface area contributed by atoms with Crippen molar-refractivity contribution in [2.24, 2.45) is 5.92 Å². The van der Waals surface area contributed by atoms with Gasteiger partial charge >= 0.3 is 5.97 Å². The molecule has 0 radical (unpaired) electrons. The lowest BCUT2D eigenvalue weighted by atomic mass is 9.93. The molecule has 6 heteroatoms. The van der Waals surface area contributed by atoms with E-state index in [1.807, 2.05) is 4.90 Å². The Morgan fingerprint density at radius 3 is 2.64 bits per heavy atom. The molecule has 1 atom stereocenters.